The van der Waals surface area contributed by atoms with Crippen LogP contribution in [-0.2, 0) is 16.1 Å². The first-order valence-corrected chi connectivity index (χ1v) is 7.94. The molecule has 2 aromatic carbocycles. The van der Waals surface area contributed by atoms with Crippen molar-refractivity contribution in [2.45, 2.75) is 31.3 Å². The van der Waals surface area contributed by atoms with E-state index in [9.17, 15) is 24.9 Å². The fourth-order valence-electron chi connectivity index (χ4n) is 3.58. The predicted molar refractivity (Wildman–Crippen MR) is 91.8 cm³/mol. The van der Waals surface area contributed by atoms with Crippen LogP contribution in [-0.4, -0.2) is 32.8 Å². The number of hydrogen-bond donors (Lipinski definition) is 3. The van der Waals surface area contributed by atoms with E-state index >= 15 is 0 Å². The monoisotopic (exact) mass is 341 g/mol. The van der Waals surface area contributed by atoms with Crippen molar-refractivity contribution in [1.29, 1.82) is 0 Å². The van der Waals surface area contributed by atoms with Gasteiger partial charge in [0.15, 0.2) is 0 Å². The Kier molecular flexibility index (Phi) is 4.12. The van der Waals surface area contributed by atoms with Gasteiger partial charge in [-0.3, -0.25) is 4.79 Å². The maximum atomic E-state index is 12.2. The summed E-state index contributed by atoms with van der Waals surface area (Å²) >= 11 is 0. The third-order valence-electron chi connectivity index (χ3n) is 4.97. The van der Waals surface area contributed by atoms with Gasteiger partial charge in [0.2, 0.25) is 0 Å². The van der Waals surface area contributed by atoms with Gasteiger partial charge in [0.25, 0.3) is 0 Å². The Balaban J connectivity index is 2.13. The molecule has 0 aliphatic carbocycles. The number of para-hydroxylation sites is 2. The largest absolute Gasteiger partial charge is 0.508 e. The number of carboxylic acids is 2. The van der Waals surface area contributed by atoms with Crippen LogP contribution < -0.4 is 4.90 Å². The molecular formula is C19H19NO5. The number of aromatic hydroxyl groups is 1. The Bertz CT molecular complexity index is 834. The molecule has 0 saturated heterocycles. The third kappa shape index (κ3) is 2.69. The van der Waals surface area contributed by atoms with E-state index in [4.69, 9.17) is 0 Å². The van der Waals surface area contributed by atoms with Crippen LogP contribution in [0.2, 0.25) is 0 Å². The zero-order valence-corrected chi connectivity index (χ0v) is 13.7. The Morgan fingerprint density at radius 1 is 1.08 bits per heavy atom. The van der Waals surface area contributed by atoms with E-state index in [0.29, 0.717) is 16.8 Å². The average Bonchev–Trinajstić information content (AvgIpc) is 2.80. The first-order chi connectivity index (χ1) is 11.9. The number of fused-ring (bicyclic) bond motifs is 1. The molecule has 6 nitrogen and oxygen atoms in total. The lowest BCUT2D eigenvalue weighted by Gasteiger charge is -2.37. The smallest absolute Gasteiger partial charge is 0.329 e. The number of anilines is 1. The van der Waals surface area contributed by atoms with Crippen molar-refractivity contribution in [2.75, 3.05) is 4.90 Å². The van der Waals surface area contributed by atoms with Crippen molar-refractivity contribution < 1.29 is 24.9 Å². The lowest BCUT2D eigenvalue weighted by Crippen LogP contribution is -2.52. The molecule has 0 aromatic heterocycles. The van der Waals surface area contributed by atoms with Gasteiger partial charge in [-0.1, -0.05) is 36.4 Å². The number of phenolic OH excluding ortho intramolecular Hbond substituents is 1. The first kappa shape index (κ1) is 16.8. The van der Waals surface area contributed by atoms with Gasteiger partial charge < -0.3 is 20.2 Å². The highest BCUT2D eigenvalue weighted by Gasteiger charge is 2.54. The zero-order valence-electron chi connectivity index (χ0n) is 13.7. The molecule has 0 fully saturated rings. The molecule has 2 aromatic rings. The van der Waals surface area contributed by atoms with E-state index in [1.807, 2.05) is 0 Å². The molecule has 25 heavy (non-hydrogen) atoms. The predicted octanol–water partition coefficient (Wildman–Crippen LogP) is 2.81. The fraction of sp³-hybridized carbons (Fsp3) is 0.263. The number of nitrogens with zero attached hydrogens (tertiary/aromatic N) is 1. The highest BCUT2D eigenvalue weighted by atomic mass is 16.4. The lowest BCUT2D eigenvalue weighted by molar-refractivity contribution is -0.144. The number of hydrogen-bond acceptors (Lipinski definition) is 4. The third-order valence-corrected chi connectivity index (χ3v) is 4.97. The number of aliphatic carboxylic acids is 2. The molecular weight excluding hydrogens is 322 g/mol. The molecule has 1 aliphatic heterocycles. The van der Waals surface area contributed by atoms with Gasteiger partial charge in [0.05, 0.1) is 6.42 Å². The summed E-state index contributed by atoms with van der Waals surface area (Å²) in [5, 5.41) is 29.3. The zero-order chi connectivity index (χ0) is 18.2. The van der Waals surface area contributed by atoms with E-state index in [-0.39, 0.29) is 18.7 Å². The van der Waals surface area contributed by atoms with Crippen molar-refractivity contribution in [1.82, 2.24) is 0 Å². The molecule has 0 bridgehead atoms. The highest BCUT2D eigenvalue weighted by Crippen LogP contribution is 2.50. The quantitative estimate of drug-likeness (QED) is 0.773. The molecule has 3 N–H and O–H groups in total. The normalized spacial score (nSPS) is 21.8. The number of phenols is 1. The Morgan fingerprint density at radius 2 is 1.72 bits per heavy atom. The van der Waals surface area contributed by atoms with Crippen LogP contribution in [0.1, 0.15) is 30.4 Å². The number of carbonyl (C=O) groups is 2. The topological polar surface area (TPSA) is 98.1 Å². The summed E-state index contributed by atoms with van der Waals surface area (Å²) in [5.41, 5.74) is 0.539. The summed E-state index contributed by atoms with van der Waals surface area (Å²) in [7, 11) is 0. The Labute approximate surface area is 145 Å². The standard InChI is InChI=1S/C19H19NO5/c1-19(18(24)25)14(10-17(22)23)13-7-3-4-8-15(13)20(19)11-12-6-2-5-9-16(12)21/h2-9,14,21H,10-11H2,1H3,(H,22,23)(H,24,25). The van der Waals surface area contributed by atoms with Crippen molar-refractivity contribution in [2.24, 2.45) is 0 Å². The van der Waals surface area contributed by atoms with Gasteiger partial charge in [-0.15, -0.1) is 0 Å². The Hall–Kier alpha value is -3.02. The van der Waals surface area contributed by atoms with E-state index in [2.05, 4.69) is 0 Å². The number of benzene rings is 2. The van der Waals surface area contributed by atoms with Crippen LogP contribution in [0.15, 0.2) is 48.5 Å². The van der Waals surface area contributed by atoms with Crippen molar-refractivity contribution in [3.8, 4) is 5.75 Å². The van der Waals surface area contributed by atoms with Crippen molar-refractivity contribution >= 4 is 17.6 Å². The van der Waals surface area contributed by atoms with Crippen molar-refractivity contribution in [3.63, 3.8) is 0 Å². The van der Waals surface area contributed by atoms with E-state index in [1.54, 1.807) is 60.4 Å². The molecule has 1 aliphatic rings. The van der Waals surface area contributed by atoms with Gasteiger partial charge >= 0.3 is 11.9 Å². The maximum absolute atomic E-state index is 12.2. The second-order valence-electron chi connectivity index (χ2n) is 6.38. The first-order valence-electron chi connectivity index (χ1n) is 7.94. The molecule has 0 spiro atoms. The molecule has 3 rings (SSSR count). The minimum Gasteiger partial charge on any atom is -0.508 e. The summed E-state index contributed by atoms with van der Waals surface area (Å²) in [4.78, 5) is 25.2. The van der Waals surface area contributed by atoms with Crippen LogP contribution in [0, 0.1) is 0 Å². The van der Waals surface area contributed by atoms with Gasteiger partial charge in [0, 0.05) is 23.7 Å². The number of carboxylic acid groups (broad SMARTS) is 2. The summed E-state index contributed by atoms with van der Waals surface area (Å²) in [5.74, 6) is -2.75. The van der Waals surface area contributed by atoms with Gasteiger partial charge in [-0.2, -0.15) is 0 Å². The van der Waals surface area contributed by atoms with Crippen LogP contribution in [0.4, 0.5) is 5.69 Å². The van der Waals surface area contributed by atoms with Crippen LogP contribution in [0.5, 0.6) is 5.75 Å². The molecule has 2 unspecified atom stereocenters. The molecule has 130 valence electrons. The minimum absolute atomic E-state index is 0.0782. The SMILES string of the molecule is CC1(C(=O)O)C(CC(=O)O)c2ccccc2N1Cc1ccccc1O. The molecule has 0 radical (unpaired) electrons. The lowest BCUT2D eigenvalue weighted by atomic mass is 9.81. The molecule has 1 heterocycles. The second-order valence-corrected chi connectivity index (χ2v) is 6.38. The molecule has 0 amide bonds. The van der Waals surface area contributed by atoms with Crippen molar-refractivity contribution in [3.05, 3.63) is 59.7 Å². The van der Waals surface area contributed by atoms with Crippen LogP contribution >= 0.6 is 0 Å². The summed E-state index contributed by atoms with van der Waals surface area (Å²) in [6.45, 7) is 1.71. The van der Waals surface area contributed by atoms with E-state index < -0.39 is 23.4 Å². The highest BCUT2D eigenvalue weighted by molar-refractivity contribution is 5.90. The summed E-state index contributed by atoms with van der Waals surface area (Å²) < 4.78 is 0. The second kappa shape index (κ2) is 6.12. The van der Waals surface area contributed by atoms with Gasteiger partial charge in [-0.25, -0.2) is 4.79 Å². The van der Waals surface area contributed by atoms with Crippen LogP contribution in [0.3, 0.4) is 0 Å². The van der Waals surface area contributed by atoms with Gasteiger partial charge in [-0.05, 0) is 24.6 Å². The van der Waals surface area contributed by atoms with E-state index in [0.717, 1.165) is 0 Å². The van der Waals surface area contributed by atoms with Gasteiger partial charge in [0.1, 0.15) is 11.3 Å². The number of rotatable bonds is 5. The summed E-state index contributed by atoms with van der Waals surface area (Å²) in [6, 6.07) is 13.9. The van der Waals surface area contributed by atoms with E-state index in [1.165, 1.54) is 0 Å². The minimum atomic E-state index is -1.43. The summed E-state index contributed by atoms with van der Waals surface area (Å²) in [6.07, 6.45) is -0.281. The molecule has 2 atom stereocenters. The fourth-order valence-corrected chi connectivity index (χ4v) is 3.58. The Morgan fingerprint density at radius 3 is 2.36 bits per heavy atom. The molecule has 6 heteroatoms. The maximum Gasteiger partial charge on any atom is 0.329 e. The average molecular weight is 341 g/mol. The molecule has 0 saturated carbocycles. The van der Waals surface area contributed by atoms with Crippen LogP contribution in [0.25, 0.3) is 0 Å².